The van der Waals surface area contributed by atoms with Crippen LogP contribution in [0.15, 0.2) is 23.4 Å². The van der Waals surface area contributed by atoms with E-state index < -0.39 is 0 Å². The lowest BCUT2D eigenvalue weighted by atomic mass is 10.3. The van der Waals surface area contributed by atoms with E-state index >= 15 is 0 Å². The van der Waals surface area contributed by atoms with Crippen LogP contribution in [0.25, 0.3) is 0 Å². The SMILES string of the molecule is CCN(CC)CCSc1ccc(C#N)cn1. The van der Waals surface area contributed by atoms with Crippen LogP contribution in [0, 0.1) is 11.3 Å². The van der Waals surface area contributed by atoms with Gasteiger partial charge in [0.1, 0.15) is 6.07 Å². The molecule has 16 heavy (non-hydrogen) atoms. The fraction of sp³-hybridized carbons (Fsp3) is 0.500. The molecule has 0 aliphatic carbocycles. The Kier molecular flexibility index (Phi) is 5.91. The van der Waals surface area contributed by atoms with Gasteiger partial charge in [0.2, 0.25) is 0 Å². The van der Waals surface area contributed by atoms with Gasteiger partial charge in [0.25, 0.3) is 0 Å². The van der Waals surface area contributed by atoms with E-state index in [4.69, 9.17) is 5.26 Å². The quantitative estimate of drug-likeness (QED) is 0.710. The summed E-state index contributed by atoms with van der Waals surface area (Å²) < 4.78 is 0. The van der Waals surface area contributed by atoms with Crippen molar-refractivity contribution < 1.29 is 0 Å². The highest BCUT2D eigenvalue weighted by molar-refractivity contribution is 7.99. The Morgan fingerprint density at radius 1 is 1.38 bits per heavy atom. The lowest BCUT2D eigenvalue weighted by molar-refractivity contribution is 0.324. The summed E-state index contributed by atoms with van der Waals surface area (Å²) in [5.41, 5.74) is 0.619. The van der Waals surface area contributed by atoms with Gasteiger partial charge < -0.3 is 4.90 Å². The molecule has 1 aromatic heterocycles. The third-order valence-electron chi connectivity index (χ3n) is 2.42. The molecule has 0 spiro atoms. The Morgan fingerprint density at radius 3 is 2.62 bits per heavy atom. The lowest BCUT2D eigenvalue weighted by Crippen LogP contribution is -2.25. The van der Waals surface area contributed by atoms with Crippen molar-refractivity contribution in [3.63, 3.8) is 0 Å². The summed E-state index contributed by atoms with van der Waals surface area (Å²) in [6.45, 7) is 7.62. The first-order valence-corrected chi connectivity index (χ1v) is 6.50. The topological polar surface area (TPSA) is 39.9 Å². The highest BCUT2D eigenvalue weighted by Gasteiger charge is 2.00. The molecule has 0 bridgehead atoms. The van der Waals surface area contributed by atoms with E-state index in [9.17, 15) is 0 Å². The van der Waals surface area contributed by atoms with E-state index in [0.29, 0.717) is 5.56 Å². The molecule has 86 valence electrons. The Balaban J connectivity index is 2.34. The molecule has 0 radical (unpaired) electrons. The molecule has 3 nitrogen and oxygen atoms in total. The van der Waals surface area contributed by atoms with Crippen LogP contribution in [-0.4, -0.2) is 35.3 Å². The van der Waals surface area contributed by atoms with Crippen molar-refractivity contribution in [2.24, 2.45) is 0 Å². The highest BCUT2D eigenvalue weighted by atomic mass is 32.2. The number of pyridine rings is 1. The second kappa shape index (κ2) is 7.26. The summed E-state index contributed by atoms with van der Waals surface area (Å²) in [4.78, 5) is 6.61. The van der Waals surface area contributed by atoms with E-state index in [0.717, 1.165) is 30.4 Å². The molecule has 1 rings (SSSR count). The van der Waals surface area contributed by atoms with Crippen molar-refractivity contribution in [2.75, 3.05) is 25.4 Å². The molecule has 0 aliphatic heterocycles. The van der Waals surface area contributed by atoms with E-state index in [1.807, 2.05) is 12.1 Å². The molecule has 0 saturated heterocycles. The summed E-state index contributed by atoms with van der Waals surface area (Å²) in [6.07, 6.45) is 1.62. The maximum atomic E-state index is 8.64. The molecule has 4 heteroatoms. The molecule has 0 amide bonds. The van der Waals surface area contributed by atoms with Crippen molar-refractivity contribution in [3.05, 3.63) is 23.9 Å². The molecular formula is C12H17N3S. The normalized spacial score (nSPS) is 10.4. The smallest absolute Gasteiger partial charge is 0.101 e. The van der Waals surface area contributed by atoms with Crippen molar-refractivity contribution >= 4 is 11.8 Å². The molecular weight excluding hydrogens is 218 g/mol. The first-order chi connectivity index (χ1) is 7.80. The van der Waals surface area contributed by atoms with E-state index in [-0.39, 0.29) is 0 Å². The van der Waals surface area contributed by atoms with E-state index in [2.05, 4.69) is 29.8 Å². The van der Waals surface area contributed by atoms with Gasteiger partial charge in [-0.2, -0.15) is 5.26 Å². The van der Waals surface area contributed by atoms with Gasteiger partial charge in [0.05, 0.1) is 10.6 Å². The van der Waals surface area contributed by atoms with Crippen molar-refractivity contribution in [1.29, 1.82) is 5.26 Å². The van der Waals surface area contributed by atoms with Crippen molar-refractivity contribution in [1.82, 2.24) is 9.88 Å². The van der Waals surface area contributed by atoms with Gasteiger partial charge in [0, 0.05) is 18.5 Å². The van der Waals surface area contributed by atoms with E-state index in [1.54, 1.807) is 18.0 Å². The van der Waals surface area contributed by atoms with Gasteiger partial charge in [-0.3, -0.25) is 0 Å². The molecule has 0 fully saturated rings. The van der Waals surface area contributed by atoms with Crippen LogP contribution in [-0.2, 0) is 0 Å². The molecule has 1 aromatic rings. The van der Waals surface area contributed by atoms with Crippen LogP contribution in [0.5, 0.6) is 0 Å². The number of nitrogens with zero attached hydrogens (tertiary/aromatic N) is 3. The fourth-order valence-corrected chi connectivity index (χ4v) is 2.20. The lowest BCUT2D eigenvalue weighted by Gasteiger charge is -2.16. The average molecular weight is 235 g/mol. The Labute approximate surface area is 101 Å². The first-order valence-electron chi connectivity index (χ1n) is 5.51. The minimum absolute atomic E-state index is 0.619. The van der Waals surface area contributed by atoms with Crippen LogP contribution < -0.4 is 0 Å². The predicted octanol–water partition coefficient (Wildman–Crippen LogP) is 2.39. The maximum Gasteiger partial charge on any atom is 0.101 e. The monoisotopic (exact) mass is 235 g/mol. The Morgan fingerprint density at radius 2 is 2.12 bits per heavy atom. The number of aromatic nitrogens is 1. The van der Waals surface area contributed by atoms with Gasteiger partial charge in [-0.25, -0.2) is 4.98 Å². The van der Waals surface area contributed by atoms with Crippen LogP contribution in [0.4, 0.5) is 0 Å². The van der Waals surface area contributed by atoms with Gasteiger partial charge in [-0.15, -0.1) is 11.8 Å². The van der Waals surface area contributed by atoms with E-state index in [1.165, 1.54) is 0 Å². The molecule has 0 saturated carbocycles. The number of thioether (sulfide) groups is 1. The molecule has 0 aliphatic rings. The zero-order valence-electron chi connectivity index (χ0n) is 9.81. The molecule has 0 aromatic carbocycles. The Hall–Kier alpha value is -1.05. The average Bonchev–Trinajstić information content (AvgIpc) is 2.35. The second-order valence-corrected chi connectivity index (χ2v) is 4.49. The highest BCUT2D eigenvalue weighted by Crippen LogP contribution is 2.14. The zero-order valence-corrected chi connectivity index (χ0v) is 10.6. The summed E-state index contributed by atoms with van der Waals surface area (Å²) in [6, 6.07) is 5.79. The molecule has 0 N–H and O–H groups in total. The minimum Gasteiger partial charge on any atom is -0.303 e. The van der Waals surface area contributed by atoms with Crippen LogP contribution in [0.1, 0.15) is 19.4 Å². The van der Waals surface area contributed by atoms with Crippen molar-refractivity contribution in [3.8, 4) is 6.07 Å². The van der Waals surface area contributed by atoms with Crippen LogP contribution >= 0.6 is 11.8 Å². The molecule has 0 atom stereocenters. The molecule has 0 unspecified atom stereocenters. The Bertz CT molecular complexity index is 338. The van der Waals surface area contributed by atoms with Gasteiger partial charge in [-0.1, -0.05) is 13.8 Å². The third kappa shape index (κ3) is 4.21. The van der Waals surface area contributed by atoms with Gasteiger partial charge in [0.15, 0.2) is 0 Å². The minimum atomic E-state index is 0.619. The van der Waals surface area contributed by atoms with Crippen LogP contribution in [0.3, 0.4) is 0 Å². The molecule has 1 heterocycles. The summed E-state index contributed by atoms with van der Waals surface area (Å²) in [5, 5.41) is 9.63. The number of hydrogen-bond donors (Lipinski definition) is 0. The summed E-state index contributed by atoms with van der Waals surface area (Å²) in [7, 11) is 0. The zero-order chi connectivity index (χ0) is 11.8. The second-order valence-electron chi connectivity index (χ2n) is 3.37. The first kappa shape index (κ1) is 13.0. The standard InChI is InChI=1S/C12H17N3S/c1-3-15(4-2)7-8-16-12-6-5-11(9-13)10-14-12/h5-6,10H,3-4,7-8H2,1-2H3. The van der Waals surface area contributed by atoms with Gasteiger partial charge in [-0.05, 0) is 25.2 Å². The van der Waals surface area contributed by atoms with Crippen LogP contribution in [0.2, 0.25) is 0 Å². The number of nitriles is 1. The summed E-state index contributed by atoms with van der Waals surface area (Å²) in [5.74, 6) is 1.04. The largest absolute Gasteiger partial charge is 0.303 e. The fourth-order valence-electron chi connectivity index (χ4n) is 1.35. The predicted molar refractivity (Wildman–Crippen MR) is 67.5 cm³/mol. The number of hydrogen-bond acceptors (Lipinski definition) is 4. The summed E-state index contributed by atoms with van der Waals surface area (Å²) >= 11 is 1.74. The van der Waals surface area contributed by atoms with Gasteiger partial charge >= 0.3 is 0 Å². The maximum absolute atomic E-state index is 8.64. The van der Waals surface area contributed by atoms with Crippen molar-refractivity contribution in [2.45, 2.75) is 18.9 Å². The third-order valence-corrected chi connectivity index (χ3v) is 3.34. The number of rotatable bonds is 6.